The molecule has 7 rings (SSSR count). The summed E-state index contributed by atoms with van der Waals surface area (Å²) < 4.78 is 9.84. The summed E-state index contributed by atoms with van der Waals surface area (Å²) in [4.78, 5) is 9.12. The second kappa shape index (κ2) is 7.95. The fourth-order valence-electron chi connectivity index (χ4n) is 4.91. The Morgan fingerprint density at radius 2 is 1.89 bits per heavy atom. The van der Waals surface area contributed by atoms with Crippen molar-refractivity contribution in [1.29, 1.82) is 0 Å². The Balaban J connectivity index is 1.55. The molecule has 0 spiro atoms. The van der Waals surface area contributed by atoms with Crippen LogP contribution in [-0.4, -0.2) is 34.6 Å². The average molecular weight is 507 g/mol. The van der Waals surface area contributed by atoms with Crippen molar-refractivity contribution in [2.45, 2.75) is 5.54 Å². The Labute approximate surface area is 215 Å². The number of para-hydroxylation sites is 1. The van der Waals surface area contributed by atoms with Crippen molar-refractivity contribution in [3.8, 4) is 11.3 Å². The number of fused-ring (bicyclic) bond motifs is 4. The van der Waals surface area contributed by atoms with Crippen molar-refractivity contribution in [3.63, 3.8) is 0 Å². The van der Waals surface area contributed by atoms with Gasteiger partial charge in [-0.3, -0.25) is 0 Å². The van der Waals surface area contributed by atoms with Crippen LogP contribution in [0.25, 0.3) is 38.9 Å². The SMILES string of the molecule is Cn1cncc1C(N)(c1ccc2c(c1)c(-c1cccc(Cl)c1)nc1nnnn12)c1cc2ccccc2o1. The smallest absolute Gasteiger partial charge is 0.274 e. The maximum absolute atomic E-state index is 7.32. The van der Waals surface area contributed by atoms with Gasteiger partial charge in [0.15, 0.2) is 0 Å². The molecule has 1 unspecified atom stereocenters. The van der Waals surface area contributed by atoms with Gasteiger partial charge in [0.2, 0.25) is 0 Å². The van der Waals surface area contributed by atoms with Crippen LogP contribution in [0.3, 0.4) is 0 Å². The van der Waals surface area contributed by atoms with Gasteiger partial charge in [0.25, 0.3) is 5.78 Å². The molecule has 9 nitrogen and oxygen atoms in total. The Bertz CT molecular complexity index is 1920. The molecule has 0 bridgehead atoms. The highest BCUT2D eigenvalue weighted by Crippen LogP contribution is 2.39. The number of aromatic nitrogens is 7. The quantitative estimate of drug-likeness (QED) is 0.367. The Morgan fingerprint density at radius 1 is 1.00 bits per heavy atom. The Morgan fingerprint density at radius 3 is 2.70 bits per heavy atom. The maximum atomic E-state index is 7.32. The summed E-state index contributed by atoms with van der Waals surface area (Å²) in [5, 5.41) is 14.4. The van der Waals surface area contributed by atoms with Gasteiger partial charge < -0.3 is 14.7 Å². The highest BCUT2D eigenvalue weighted by molar-refractivity contribution is 6.30. The lowest BCUT2D eigenvalue weighted by molar-refractivity contribution is 0.445. The van der Waals surface area contributed by atoms with Crippen LogP contribution in [0.15, 0.2) is 89.7 Å². The van der Waals surface area contributed by atoms with Crippen molar-refractivity contribution in [1.82, 2.24) is 34.6 Å². The van der Waals surface area contributed by atoms with Crippen LogP contribution < -0.4 is 5.73 Å². The second-order valence-electron chi connectivity index (χ2n) is 8.94. The first-order valence-corrected chi connectivity index (χ1v) is 11.9. The largest absolute Gasteiger partial charge is 0.458 e. The number of hydrogen-bond acceptors (Lipinski definition) is 7. The first-order chi connectivity index (χ1) is 18.0. The van der Waals surface area contributed by atoms with Crippen LogP contribution in [0.1, 0.15) is 17.0 Å². The first-order valence-electron chi connectivity index (χ1n) is 11.6. The number of imidazole rings is 1. The van der Waals surface area contributed by atoms with E-state index in [9.17, 15) is 0 Å². The zero-order valence-electron chi connectivity index (χ0n) is 19.6. The third kappa shape index (κ3) is 3.25. The van der Waals surface area contributed by atoms with E-state index in [1.165, 1.54) is 0 Å². The number of tetrazole rings is 1. The van der Waals surface area contributed by atoms with Crippen molar-refractivity contribution in [2.24, 2.45) is 12.8 Å². The van der Waals surface area contributed by atoms with Gasteiger partial charge in [-0.1, -0.05) is 53.1 Å². The molecule has 7 aromatic rings. The molecule has 0 radical (unpaired) electrons. The standard InChI is InChI=1S/C27H19ClN8O/c1-35-15-30-14-23(35)27(29,24-12-16-5-2-3-8-22(16)37-24)18-9-10-21-20(13-18)25(17-6-4-7-19(28)11-17)31-26-32-33-34-36(21)26/h2-15H,29H2,1H3. The van der Waals surface area contributed by atoms with Crippen molar-refractivity contribution >= 4 is 39.3 Å². The molecule has 0 amide bonds. The summed E-state index contributed by atoms with van der Waals surface area (Å²) in [6, 6.07) is 23.3. The lowest BCUT2D eigenvalue weighted by atomic mass is 9.84. The molecule has 0 aliphatic heterocycles. The van der Waals surface area contributed by atoms with Crippen molar-refractivity contribution in [2.75, 3.05) is 0 Å². The van der Waals surface area contributed by atoms with Crippen LogP contribution in [0, 0.1) is 0 Å². The predicted molar refractivity (Wildman–Crippen MR) is 140 cm³/mol. The van der Waals surface area contributed by atoms with Gasteiger partial charge in [-0.25, -0.2) is 9.97 Å². The molecule has 3 aromatic carbocycles. The number of rotatable bonds is 4. The van der Waals surface area contributed by atoms with E-state index < -0.39 is 5.54 Å². The second-order valence-corrected chi connectivity index (χ2v) is 9.38. The molecule has 0 saturated carbocycles. The molecule has 37 heavy (non-hydrogen) atoms. The number of nitrogens with two attached hydrogens (primary N) is 1. The summed E-state index contributed by atoms with van der Waals surface area (Å²) in [7, 11) is 1.91. The van der Waals surface area contributed by atoms with E-state index in [-0.39, 0.29) is 0 Å². The molecule has 10 heteroatoms. The van der Waals surface area contributed by atoms with Crippen LogP contribution in [-0.2, 0) is 12.6 Å². The summed E-state index contributed by atoms with van der Waals surface area (Å²) in [6.45, 7) is 0. The summed E-state index contributed by atoms with van der Waals surface area (Å²) in [6.07, 6.45) is 3.49. The minimum atomic E-state index is -1.15. The molecule has 2 N–H and O–H groups in total. The maximum Gasteiger partial charge on any atom is 0.274 e. The van der Waals surface area contributed by atoms with E-state index in [4.69, 9.17) is 26.7 Å². The molecule has 4 aromatic heterocycles. The molecule has 180 valence electrons. The van der Waals surface area contributed by atoms with Gasteiger partial charge in [-0.05, 0) is 52.4 Å². The molecular weight excluding hydrogens is 488 g/mol. The van der Waals surface area contributed by atoms with E-state index in [1.807, 2.05) is 84.4 Å². The Kier molecular flexibility index (Phi) is 4.66. The summed E-state index contributed by atoms with van der Waals surface area (Å²) in [5.41, 5.74) is 10.8. The van der Waals surface area contributed by atoms with Crippen molar-refractivity contribution in [3.05, 3.63) is 107 Å². The average Bonchev–Trinajstić information content (AvgIpc) is 3.67. The number of nitrogens with zero attached hydrogens (tertiary/aromatic N) is 7. The topological polar surface area (TPSA) is 113 Å². The molecule has 4 heterocycles. The fourth-order valence-corrected chi connectivity index (χ4v) is 5.10. The third-order valence-corrected chi connectivity index (χ3v) is 6.97. The van der Waals surface area contributed by atoms with Crippen molar-refractivity contribution < 1.29 is 4.42 Å². The fraction of sp³-hybridized carbons (Fsp3) is 0.0741. The van der Waals surface area contributed by atoms with Crippen LogP contribution in [0.4, 0.5) is 0 Å². The zero-order chi connectivity index (χ0) is 25.1. The van der Waals surface area contributed by atoms with Gasteiger partial charge >= 0.3 is 0 Å². The number of aryl methyl sites for hydroxylation is 1. The van der Waals surface area contributed by atoms with Crippen LogP contribution in [0.2, 0.25) is 5.02 Å². The Hall–Kier alpha value is -4.60. The van der Waals surface area contributed by atoms with Gasteiger partial charge in [0.1, 0.15) is 16.9 Å². The highest BCUT2D eigenvalue weighted by Gasteiger charge is 2.38. The van der Waals surface area contributed by atoms with E-state index in [0.717, 1.165) is 38.7 Å². The number of benzene rings is 3. The molecule has 0 saturated heterocycles. The zero-order valence-corrected chi connectivity index (χ0v) is 20.3. The number of hydrogen-bond donors (Lipinski definition) is 1. The van der Waals surface area contributed by atoms with Crippen LogP contribution in [0.5, 0.6) is 0 Å². The minimum absolute atomic E-state index is 0.387. The first kappa shape index (κ1) is 21.7. The normalized spacial score (nSPS) is 13.5. The minimum Gasteiger partial charge on any atom is -0.458 e. The van der Waals surface area contributed by atoms with Crippen LogP contribution >= 0.6 is 11.6 Å². The van der Waals surface area contributed by atoms with E-state index in [2.05, 4.69) is 20.5 Å². The van der Waals surface area contributed by atoms with E-state index in [1.54, 1.807) is 17.0 Å². The van der Waals surface area contributed by atoms with Gasteiger partial charge in [-0.2, -0.15) is 4.52 Å². The van der Waals surface area contributed by atoms with Gasteiger partial charge in [0, 0.05) is 28.4 Å². The highest BCUT2D eigenvalue weighted by atomic mass is 35.5. The molecule has 0 aliphatic carbocycles. The lowest BCUT2D eigenvalue weighted by Crippen LogP contribution is -2.40. The van der Waals surface area contributed by atoms with Gasteiger partial charge in [-0.15, -0.1) is 0 Å². The molecular formula is C27H19ClN8O. The third-order valence-electron chi connectivity index (χ3n) is 6.73. The number of furan rings is 1. The summed E-state index contributed by atoms with van der Waals surface area (Å²) >= 11 is 6.34. The number of halogens is 1. The monoisotopic (exact) mass is 506 g/mol. The van der Waals surface area contributed by atoms with E-state index in [0.29, 0.717) is 22.3 Å². The molecule has 0 aliphatic rings. The lowest BCUT2D eigenvalue weighted by Gasteiger charge is -2.28. The predicted octanol–water partition coefficient (Wildman–Crippen LogP) is 4.72. The van der Waals surface area contributed by atoms with Gasteiger partial charge in [0.05, 0.1) is 29.4 Å². The molecule has 1 atom stereocenters. The van der Waals surface area contributed by atoms with E-state index >= 15 is 0 Å². The summed E-state index contributed by atoms with van der Waals surface area (Å²) in [5.74, 6) is 0.982. The molecule has 0 fully saturated rings.